The minimum atomic E-state index is -0.278. The van der Waals surface area contributed by atoms with Gasteiger partial charge in [-0.3, -0.25) is 0 Å². The molecule has 2 bridgehead atoms. The molecule has 3 nitrogen and oxygen atoms in total. The molecule has 1 aliphatic rings. The molecule has 106 valence electrons. The zero-order chi connectivity index (χ0) is 14.1. The fraction of sp³-hybridized carbons (Fsp3) is 0.471. The second-order valence-corrected chi connectivity index (χ2v) is 5.77. The van der Waals surface area contributed by atoms with Gasteiger partial charge < -0.3 is 9.15 Å². The summed E-state index contributed by atoms with van der Waals surface area (Å²) in [6.45, 7) is 5.37. The molecule has 0 aromatic carbocycles. The van der Waals surface area contributed by atoms with E-state index in [1.54, 1.807) is 6.92 Å². The number of hydrogen-bond donors (Lipinski definition) is 0. The SMILES string of the molecule is C=C(C)C(=O)OC1CCCCCC1c1cc2ccc1o2. The smallest absolute Gasteiger partial charge is 0.333 e. The van der Waals surface area contributed by atoms with Crippen molar-refractivity contribution in [1.82, 2.24) is 0 Å². The number of fused-ring (bicyclic) bond motifs is 2. The second kappa shape index (κ2) is 5.31. The summed E-state index contributed by atoms with van der Waals surface area (Å²) in [6, 6.07) is 6.07. The predicted octanol–water partition coefficient (Wildman–Crippen LogP) is 4.41. The molecule has 0 amide bonds. The van der Waals surface area contributed by atoms with Crippen LogP contribution in [0.1, 0.15) is 50.5 Å². The zero-order valence-electron chi connectivity index (χ0n) is 11.9. The van der Waals surface area contributed by atoms with E-state index in [2.05, 4.69) is 12.6 Å². The van der Waals surface area contributed by atoms with Gasteiger partial charge in [0, 0.05) is 17.1 Å². The van der Waals surface area contributed by atoms with Crippen LogP contribution in [0.15, 0.2) is 34.8 Å². The minimum absolute atomic E-state index is 0.0580. The van der Waals surface area contributed by atoms with E-state index in [1.165, 1.54) is 18.4 Å². The number of furan rings is 2. The van der Waals surface area contributed by atoms with Crippen molar-refractivity contribution in [2.75, 3.05) is 0 Å². The largest absolute Gasteiger partial charge is 0.458 e. The van der Waals surface area contributed by atoms with Gasteiger partial charge in [0.2, 0.25) is 0 Å². The summed E-state index contributed by atoms with van der Waals surface area (Å²) in [5, 5.41) is 0. The van der Waals surface area contributed by atoms with Crippen LogP contribution in [-0.2, 0) is 9.53 Å². The van der Waals surface area contributed by atoms with Crippen LogP contribution in [0.3, 0.4) is 0 Å². The maximum absolute atomic E-state index is 11.8. The number of rotatable bonds is 3. The summed E-state index contributed by atoms with van der Waals surface area (Å²) in [4.78, 5) is 11.8. The third-order valence-electron chi connectivity index (χ3n) is 4.17. The van der Waals surface area contributed by atoms with Gasteiger partial charge in [-0.05, 0) is 44.4 Å². The average molecular weight is 272 g/mol. The van der Waals surface area contributed by atoms with Gasteiger partial charge in [-0.2, -0.15) is 0 Å². The van der Waals surface area contributed by atoms with Crippen LogP contribution in [0.5, 0.6) is 0 Å². The number of ether oxygens (including phenoxy) is 1. The number of carbonyl (C=O) groups excluding carboxylic acids is 1. The highest BCUT2D eigenvalue weighted by atomic mass is 16.5. The fourth-order valence-corrected chi connectivity index (χ4v) is 3.11. The van der Waals surface area contributed by atoms with E-state index in [-0.39, 0.29) is 18.0 Å². The number of esters is 1. The monoisotopic (exact) mass is 272 g/mol. The first-order chi connectivity index (χ1) is 9.65. The van der Waals surface area contributed by atoms with Crippen molar-refractivity contribution in [2.45, 2.75) is 51.0 Å². The zero-order valence-corrected chi connectivity index (χ0v) is 11.9. The van der Waals surface area contributed by atoms with Crippen molar-refractivity contribution >= 4 is 17.1 Å². The summed E-state index contributed by atoms with van der Waals surface area (Å²) in [6.07, 6.45) is 5.41. The molecular weight excluding hydrogens is 252 g/mol. The van der Waals surface area contributed by atoms with Crippen molar-refractivity contribution in [1.29, 1.82) is 0 Å². The first-order valence-electron chi connectivity index (χ1n) is 7.33. The standard InChI is InChI=1S/C17H20O3/c1-11(2)17(18)20-15-7-5-3-4-6-13(15)14-10-12-8-9-16(14)19-12/h8-10,13,15H,1,3-7H2,2H3. The molecule has 1 aliphatic carbocycles. The number of carbonyl (C=O) groups is 1. The van der Waals surface area contributed by atoms with Gasteiger partial charge in [0.05, 0.1) is 0 Å². The molecule has 2 unspecified atom stereocenters. The average Bonchev–Trinajstić information content (AvgIpc) is 2.97. The summed E-state index contributed by atoms with van der Waals surface area (Å²) < 4.78 is 11.3. The van der Waals surface area contributed by atoms with Crippen LogP contribution in [0.2, 0.25) is 0 Å². The highest BCUT2D eigenvalue weighted by molar-refractivity contribution is 5.87. The molecule has 0 radical (unpaired) electrons. The van der Waals surface area contributed by atoms with Gasteiger partial charge in [0.15, 0.2) is 0 Å². The third kappa shape index (κ3) is 2.45. The molecule has 20 heavy (non-hydrogen) atoms. The molecule has 0 spiro atoms. The van der Waals surface area contributed by atoms with Gasteiger partial charge in [0.25, 0.3) is 0 Å². The Morgan fingerprint density at radius 3 is 2.75 bits per heavy atom. The van der Waals surface area contributed by atoms with Gasteiger partial charge in [-0.15, -0.1) is 0 Å². The van der Waals surface area contributed by atoms with Crippen molar-refractivity contribution < 1.29 is 13.9 Å². The normalized spacial score (nSPS) is 23.6. The van der Waals surface area contributed by atoms with E-state index in [0.717, 1.165) is 30.4 Å². The summed E-state index contributed by atoms with van der Waals surface area (Å²) >= 11 is 0. The fourth-order valence-electron chi connectivity index (χ4n) is 3.11. The molecule has 0 saturated heterocycles. The molecule has 2 aromatic heterocycles. The van der Waals surface area contributed by atoms with Gasteiger partial charge in [0.1, 0.15) is 17.3 Å². The van der Waals surface area contributed by atoms with E-state index in [4.69, 9.17) is 9.15 Å². The maximum Gasteiger partial charge on any atom is 0.333 e. The van der Waals surface area contributed by atoms with Crippen LogP contribution in [0, 0.1) is 0 Å². The first kappa shape index (κ1) is 13.2. The number of hydrogen-bond acceptors (Lipinski definition) is 3. The lowest BCUT2D eigenvalue weighted by Gasteiger charge is -2.24. The van der Waals surface area contributed by atoms with Crippen molar-refractivity contribution in [3.05, 3.63) is 35.9 Å². The summed E-state index contributed by atoms with van der Waals surface area (Å²) in [5.41, 5.74) is 3.50. The molecular formula is C17H20O3. The molecule has 0 aliphatic heterocycles. The lowest BCUT2D eigenvalue weighted by atomic mass is 9.89. The lowest BCUT2D eigenvalue weighted by molar-refractivity contribution is -0.145. The Morgan fingerprint density at radius 2 is 2.10 bits per heavy atom. The van der Waals surface area contributed by atoms with Gasteiger partial charge in [-0.1, -0.05) is 19.4 Å². The van der Waals surface area contributed by atoms with Crippen LogP contribution in [-0.4, -0.2) is 12.1 Å². The summed E-state index contributed by atoms with van der Waals surface area (Å²) in [5.74, 6) is -0.0296. The Labute approximate surface area is 118 Å². The first-order valence-corrected chi connectivity index (χ1v) is 7.33. The molecule has 2 atom stereocenters. The Hall–Kier alpha value is -1.77. The Kier molecular flexibility index (Phi) is 3.51. The van der Waals surface area contributed by atoms with Crippen molar-refractivity contribution in [3.8, 4) is 0 Å². The maximum atomic E-state index is 11.8. The van der Waals surface area contributed by atoms with E-state index in [9.17, 15) is 4.79 Å². The Morgan fingerprint density at radius 1 is 1.30 bits per heavy atom. The van der Waals surface area contributed by atoms with E-state index < -0.39 is 0 Å². The highest BCUT2D eigenvalue weighted by Gasteiger charge is 2.31. The van der Waals surface area contributed by atoms with Gasteiger partial charge >= 0.3 is 5.97 Å². The van der Waals surface area contributed by atoms with E-state index in [0.29, 0.717) is 5.57 Å². The van der Waals surface area contributed by atoms with Crippen molar-refractivity contribution in [3.63, 3.8) is 0 Å². The van der Waals surface area contributed by atoms with Crippen LogP contribution in [0.25, 0.3) is 11.2 Å². The number of benzene rings is 1. The lowest BCUT2D eigenvalue weighted by Crippen LogP contribution is -2.25. The minimum Gasteiger partial charge on any atom is -0.458 e. The third-order valence-corrected chi connectivity index (χ3v) is 4.17. The molecule has 3 rings (SSSR count). The predicted molar refractivity (Wildman–Crippen MR) is 77.9 cm³/mol. The molecule has 1 saturated carbocycles. The topological polar surface area (TPSA) is 39.4 Å². The van der Waals surface area contributed by atoms with E-state index in [1.807, 2.05) is 12.1 Å². The Balaban J connectivity index is 1.85. The molecule has 2 aromatic rings. The van der Waals surface area contributed by atoms with Crippen LogP contribution < -0.4 is 0 Å². The second-order valence-electron chi connectivity index (χ2n) is 5.77. The Bertz CT molecular complexity index is 610. The van der Waals surface area contributed by atoms with Crippen molar-refractivity contribution in [2.24, 2.45) is 0 Å². The molecule has 0 N–H and O–H groups in total. The van der Waals surface area contributed by atoms with Crippen LogP contribution in [0.4, 0.5) is 0 Å². The highest BCUT2D eigenvalue weighted by Crippen LogP contribution is 2.38. The van der Waals surface area contributed by atoms with E-state index >= 15 is 0 Å². The van der Waals surface area contributed by atoms with Gasteiger partial charge in [-0.25, -0.2) is 4.79 Å². The quantitative estimate of drug-likeness (QED) is 0.472. The molecule has 1 fully saturated rings. The molecule has 2 heterocycles. The van der Waals surface area contributed by atoms with Crippen LogP contribution >= 0.6 is 0 Å². The summed E-state index contributed by atoms with van der Waals surface area (Å²) in [7, 11) is 0. The molecule has 3 heteroatoms.